The van der Waals surface area contributed by atoms with E-state index in [1.165, 1.54) is 0 Å². The maximum Gasteiger partial charge on any atom is 0.221 e. The lowest BCUT2D eigenvalue weighted by molar-refractivity contribution is -0.121. The van der Waals surface area contributed by atoms with Gasteiger partial charge in [0.25, 0.3) is 0 Å². The second kappa shape index (κ2) is 13.0. The van der Waals surface area contributed by atoms with Gasteiger partial charge in [-0.25, -0.2) is 0 Å². The Balaban J connectivity index is 3.16. The van der Waals surface area contributed by atoms with Crippen molar-refractivity contribution in [1.82, 2.24) is 10.6 Å². The Morgan fingerprint density at radius 3 is 1.44 bits per heavy atom. The molecule has 2 amide bonds. The van der Waals surface area contributed by atoms with E-state index in [1.54, 1.807) is 0 Å². The summed E-state index contributed by atoms with van der Waals surface area (Å²) in [6.45, 7) is 1.41. The Bertz CT molecular complexity index is 214. The predicted molar refractivity (Wildman–Crippen MR) is 75.2 cm³/mol. The van der Waals surface area contributed by atoms with E-state index in [2.05, 4.69) is 10.6 Å². The van der Waals surface area contributed by atoms with E-state index in [9.17, 15) is 9.59 Å². The van der Waals surface area contributed by atoms with Crippen molar-refractivity contribution in [3.8, 4) is 0 Å². The van der Waals surface area contributed by atoms with Gasteiger partial charge in [0.15, 0.2) is 0 Å². The maximum atomic E-state index is 11.1. The van der Waals surface area contributed by atoms with Crippen molar-refractivity contribution < 1.29 is 9.59 Å². The molecule has 0 saturated heterocycles. The average Bonchev–Trinajstić information content (AvgIpc) is 2.33. The van der Waals surface area contributed by atoms with Gasteiger partial charge < -0.3 is 10.6 Å². The number of rotatable bonds is 11. The van der Waals surface area contributed by atoms with E-state index in [4.69, 9.17) is 23.2 Å². The molecule has 0 bridgehead atoms. The second-order valence-electron chi connectivity index (χ2n) is 3.99. The summed E-state index contributed by atoms with van der Waals surface area (Å²) in [4.78, 5) is 22.1. The van der Waals surface area contributed by atoms with E-state index >= 15 is 0 Å². The molecule has 0 spiro atoms. The third-order valence-corrected chi connectivity index (χ3v) is 2.77. The summed E-state index contributed by atoms with van der Waals surface area (Å²) < 4.78 is 0. The van der Waals surface area contributed by atoms with Gasteiger partial charge in [-0.05, 0) is 12.8 Å². The van der Waals surface area contributed by atoms with E-state index in [0.29, 0.717) is 37.7 Å². The molecule has 0 aromatic rings. The number of amides is 2. The van der Waals surface area contributed by atoms with Crippen LogP contribution in [0.25, 0.3) is 0 Å². The lowest BCUT2D eigenvalue weighted by Crippen LogP contribution is -2.25. The number of unbranched alkanes of at least 4 members (excludes halogenated alkanes) is 3. The smallest absolute Gasteiger partial charge is 0.221 e. The fraction of sp³-hybridized carbons (Fsp3) is 0.833. The first kappa shape index (κ1) is 17.5. The molecule has 2 N–H and O–H groups in total. The SMILES string of the molecule is O=C(CCCl)NCCCCCCNC(=O)CCCl. The quantitative estimate of drug-likeness (QED) is 0.453. The predicted octanol–water partition coefficient (Wildman–Crippen LogP) is 2.04. The zero-order valence-electron chi connectivity index (χ0n) is 10.6. The van der Waals surface area contributed by atoms with Crippen molar-refractivity contribution in [2.45, 2.75) is 38.5 Å². The van der Waals surface area contributed by atoms with Crippen molar-refractivity contribution >= 4 is 35.0 Å². The van der Waals surface area contributed by atoms with E-state index in [1.807, 2.05) is 0 Å². The monoisotopic (exact) mass is 296 g/mol. The number of carbonyl (C=O) groups is 2. The molecule has 0 heterocycles. The summed E-state index contributed by atoms with van der Waals surface area (Å²) in [6, 6.07) is 0. The molecule has 0 aromatic carbocycles. The van der Waals surface area contributed by atoms with Crippen LogP contribution in [0.2, 0.25) is 0 Å². The molecule has 0 aromatic heterocycles. The lowest BCUT2D eigenvalue weighted by Gasteiger charge is -2.05. The van der Waals surface area contributed by atoms with Crippen LogP contribution >= 0.6 is 23.2 Å². The van der Waals surface area contributed by atoms with Crippen LogP contribution in [0.3, 0.4) is 0 Å². The van der Waals surface area contributed by atoms with Gasteiger partial charge in [-0.3, -0.25) is 9.59 Å². The van der Waals surface area contributed by atoms with Crippen LogP contribution in [0, 0.1) is 0 Å². The summed E-state index contributed by atoms with van der Waals surface area (Å²) in [7, 11) is 0. The number of halogens is 2. The van der Waals surface area contributed by atoms with Gasteiger partial charge in [-0.2, -0.15) is 0 Å². The summed E-state index contributed by atoms with van der Waals surface area (Å²) >= 11 is 10.9. The Labute approximate surface area is 119 Å². The molecule has 106 valence electrons. The molecule has 0 rings (SSSR count). The molecule has 0 radical (unpaired) electrons. The maximum absolute atomic E-state index is 11.1. The number of nitrogens with one attached hydrogen (secondary N) is 2. The van der Waals surface area contributed by atoms with Gasteiger partial charge in [0.1, 0.15) is 0 Å². The first-order valence-electron chi connectivity index (χ1n) is 6.36. The van der Waals surface area contributed by atoms with Crippen LogP contribution in [0.4, 0.5) is 0 Å². The molecule has 0 unspecified atom stereocenters. The zero-order chi connectivity index (χ0) is 13.6. The molecule has 0 saturated carbocycles. The zero-order valence-corrected chi connectivity index (χ0v) is 12.2. The fourth-order valence-corrected chi connectivity index (χ4v) is 1.75. The van der Waals surface area contributed by atoms with Gasteiger partial charge in [0.05, 0.1) is 0 Å². The van der Waals surface area contributed by atoms with Gasteiger partial charge in [0.2, 0.25) is 11.8 Å². The minimum Gasteiger partial charge on any atom is -0.356 e. The Hall–Kier alpha value is -0.480. The molecule has 18 heavy (non-hydrogen) atoms. The van der Waals surface area contributed by atoms with Crippen LogP contribution in [-0.4, -0.2) is 36.7 Å². The van der Waals surface area contributed by atoms with Crippen LogP contribution in [0.5, 0.6) is 0 Å². The molecule has 0 aliphatic heterocycles. The highest BCUT2D eigenvalue weighted by atomic mass is 35.5. The summed E-state index contributed by atoms with van der Waals surface area (Å²) in [5.41, 5.74) is 0. The normalized spacial score (nSPS) is 10.1. The number of alkyl halides is 2. The molecule has 0 aliphatic carbocycles. The average molecular weight is 297 g/mol. The van der Waals surface area contributed by atoms with E-state index in [0.717, 1.165) is 25.7 Å². The minimum atomic E-state index is 0.0123. The number of hydrogen-bond donors (Lipinski definition) is 2. The first-order chi connectivity index (χ1) is 8.70. The highest BCUT2D eigenvalue weighted by Gasteiger charge is 1.99. The fourth-order valence-electron chi connectivity index (χ4n) is 1.41. The molecule has 0 atom stereocenters. The second-order valence-corrected chi connectivity index (χ2v) is 4.75. The standard InChI is InChI=1S/C12H22Cl2N2O2/c13-7-5-11(17)15-9-3-1-2-4-10-16-12(18)6-8-14/h1-10H2,(H,15,17)(H,16,18). The third-order valence-electron chi connectivity index (χ3n) is 2.39. The Kier molecular flexibility index (Phi) is 12.6. The van der Waals surface area contributed by atoms with Gasteiger partial charge in [-0.1, -0.05) is 12.8 Å². The molecular weight excluding hydrogens is 275 g/mol. The number of hydrogen-bond acceptors (Lipinski definition) is 2. The lowest BCUT2D eigenvalue weighted by atomic mass is 10.2. The minimum absolute atomic E-state index is 0.0123. The molecular formula is C12H22Cl2N2O2. The Morgan fingerprint density at radius 2 is 1.11 bits per heavy atom. The summed E-state index contributed by atoms with van der Waals surface area (Å²) in [6.07, 6.45) is 4.79. The number of carbonyl (C=O) groups excluding carboxylic acids is 2. The van der Waals surface area contributed by atoms with Crippen molar-refractivity contribution in [2.75, 3.05) is 24.8 Å². The highest BCUT2D eigenvalue weighted by Crippen LogP contribution is 1.98. The van der Waals surface area contributed by atoms with Crippen molar-refractivity contribution in [3.05, 3.63) is 0 Å². The largest absolute Gasteiger partial charge is 0.356 e. The summed E-state index contributed by atoms with van der Waals surface area (Å²) in [5.74, 6) is 0.762. The van der Waals surface area contributed by atoms with Crippen molar-refractivity contribution in [3.63, 3.8) is 0 Å². The third kappa shape index (κ3) is 12.0. The first-order valence-corrected chi connectivity index (χ1v) is 7.43. The van der Waals surface area contributed by atoms with Gasteiger partial charge in [-0.15, -0.1) is 23.2 Å². The Morgan fingerprint density at radius 1 is 0.722 bits per heavy atom. The van der Waals surface area contributed by atoms with Gasteiger partial charge >= 0.3 is 0 Å². The van der Waals surface area contributed by atoms with Crippen LogP contribution in [-0.2, 0) is 9.59 Å². The molecule has 6 heteroatoms. The van der Waals surface area contributed by atoms with E-state index < -0.39 is 0 Å². The van der Waals surface area contributed by atoms with Gasteiger partial charge in [0, 0.05) is 37.7 Å². The van der Waals surface area contributed by atoms with E-state index in [-0.39, 0.29) is 11.8 Å². The highest BCUT2D eigenvalue weighted by molar-refractivity contribution is 6.19. The van der Waals surface area contributed by atoms with Crippen molar-refractivity contribution in [1.29, 1.82) is 0 Å². The molecule has 4 nitrogen and oxygen atoms in total. The molecule has 0 fully saturated rings. The van der Waals surface area contributed by atoms with Crippen LogP contribution in [0.1, 0.15) is 38.5 Å². The van der Waals surface area contributed by atoms with Crippen molar-refractivity contribution in [2.24, 2.45) is 0 Å². The van der Waals surface area contributed by atoms with Crippen LogP contribution < -0.4 is 10.6 Å². The topological polar surface area (TPSA) is 58.2 Å². The summed E-state index contributed by atoms with van der Waals surface area (Å²) in [5, 5.41) is 5.60. The molecule has 0 aliphatic rings. The van der Waals surface area contributed by atoms with Crippen LogP contribution in [0.15, 0.2) is 0 Å².